The Balaban J connectivity index is 1.76. The lowest BCUT2D eigenvalue weighted by atomic mass is 10.1. The van der Waals surface area contributed by atoms with Gasteiger partial charge in [-0.2, -0.15) is 4.98 Å². The zero-order chi connectivity index (χ0) is 14.7. The van der Waals surface area contributed by atoms with Crippen LogP contribution in [0.1, 0.15) is 23.4 Å². The van der Waals surface area contributed by atoms with Gasteiger partial charge in [0.25, 0.3) is 0 Å². The van der Waals surface area contributed by atoms with Crippen LogP contribution in [0.4, 0.5) is 0 Å². The minimum absolute atomic E-state index is 0.265. The number of nitrogens with zero attached hydrogens (tertiary/aromatic N) is 4. The number of hydrogen-bond acceptors (Lipinski definition) is 6. The van der Waals surface area contributed by atoms with Crippen LogP contribution >= 0.6 is 0 Å². The van der Waals surface area contributed by atoms with Crippen LogP contribution in [0.3, 0.4) is 0 Å². The Labute approximate surface area is 121 Å². The average Bonchev–Trinajstić information content (AvgIpc) is 2.97. The molecular formula is C15H14N4O2. The second-order valence-electron chi connectivity index (χ2n) is 4.63. The molecule has 1 atom stereocenters. The number of hydrogen-bond donors (Lipinski definition) is 1. The molecule has 1 unspecified atom stereocenters. The molecular weight excluding hydrogens is 268 g/mol. The van der Waals surface area contributed by atoms with Gasteiger partial charge in [-0.1, -0.05) is 35.5 Å². The van der Waals surface area contributed by atoms with Crippen LogP contribution in [-0.2, 0) is 6.42 Å². The maximum absolute atomic E-state index is 10.1. The van der Waals surface area contributed by atoms with Crippen molar-refractivity contribution in [2.45, 2.75) is 19.4 Å². The van der Waals surface area contributed by atoms with Crippen LogP contribution in [0, 0.1) is 6.92 Å². The van der Waals surface area contributed by atoms with Gasteiger partial charge in [-0.15, -0.1) is 0 Å². The zero-order valence-electron chi connectivity index (χ0n) is 11.5. The second-order valence-corrected chi connectivity index (χ2v) is 4.63. The van der Waals surface area contributed by atoms with Crippen molar-refractivity contribution in [3.63, 3.8) is 0 Å². The molecule has 0 saturated carbocycles. The molecule has 6 nitrogen and oxygen atoms in total. The molecule has 3 aromatic rings. The molecule has 106 valence electrons. The smallest absolute Gasteiger partial charge is 0.229 e. The molecule has 6 heteroatoms. The number of aromatic nitrogens is 4. The molecule has 21 heavy (non-hydrogen) atoms. The van der Waals surface area contributed by atoms with E-state index in [9.17, 15) is 5.11 Å². The first-order valence-electron chi connectivity index (χ1n) is 6.58. The first kappa shape index (κ1) is 13.4. The van der Waals surface area contributed by atoms with Crippen LogP contribution in [0.2, 0.25) is 0 Å². The fraction of sp³-hybridized carbons (Fsp3) is 0.200. The van der Waals surface area contributed by atoms with Gasteiger partial charge >= 0.3 is 0 Å². The summed E-state index contributed by atoms with van der Waals surface area (Å²) in [4.78, 5) is 12.5. The topological polar surface area (TPSA) is 84.9 Å². The largest absolute Gasteiger partial charge is 0.388 e. The predicted octanol–water partition coefficient (Wildman–Crippen LogP) is 2.11. The Morgan fingerprint density at radius 1 is 1.14 bits per heavy atom. The molecule has 0 bridgehead atoms. The number of aliphatic hydroxyl groups excluding tert-OH is 1. The van der Waals surface area contributed by atoms with Gasteiger partial charge < -0.3 is 9.63 Å². The molecule has 0 aliphatic rings. The number of benzene rings is 1. The molecule has 1 N–H and O–H groups in total. The molecule has 3 rings (SSSR count). The van der Waals surface area contributed by atoms with Crippen molar-refractivity contribution in [3.05, 3.63) is 59.9 Å². The van der Waals surface area contributed by atoms with Gasteiger partial charge in [-0.3, -0.25) is 0 Å². The summed E-state index contributed by atoms with van der Waals surface area (Å²) in [6, 6.07) is 11.1. The van der Waals surface area contributed by atoms with E-state index in [4.69, 9.17) is 4.52 Å². The van der Waals surface area contributed by atoms with Gasteiger partial charge in [0.05, 0.1) is 12.5 Å². The van der Waals surface area contributed by atoms with Gasteiger partial charge in [0.1, 0.15) is 11.5 Å². The van der Waals surface area contributed by atoms with Crippen LogP contribution in [-0.4, -0.2) is 25.2 Å². The highest BCUT2D eigenvalue weighted by molar-refractivity contribution is 5.46. The van der Waals surface area contributed by atoms with Crippen LogP contribution < -0.4 is 0 Å². The van der Waals surface area contributed by atoms with Crippen molar-refractivity contribution >= 4 is 0 Å². The summed E-state index contributed by atoms with van der Waals surface area (Å²) < 4.78 is 5.17. The van der Waals surface area contributed by atoms with Gasteiger partial charge in [0.15, 0.2) is 0 Å². The SMILES string of the molecule is Cc1nccc(-c2noc(CC(O)c3ccccc3)n2)n1. The Morgan fingerprint density at radius 3 is 2.71 bits per heavy atom. The predicted molar refractivity (Wildman–Crippen MR) is 75.2 cm³/mol. The summed E-state index contributed by atoms with van der Waals surface area (Å²) in [6.07, 6.45) is 1.24. The van der Waals surface area contributed by atoms with E-state index in [1.807, 2.05) is 30.3 Å². The fourth-order valence-electron chi connectivity index (χ4n) is 1.98. The number of aliphatic hydroxyl groups is 1. The molecule has 0 aliphatic carbocycles. The Kier molecular flexibility index (Phi) is 3.70. The second kappa shape index (κ2) is 5.80. The Morgan fingerprint density at radius 2 is 1.95 bits per heavy atom. The maximum Gasteiger partial charge on any atom is 0.229 e. The minimum atomic E-state index is -0.674. The van der Waals surface area contributed by atoms with Gasteiger partial charge in [0, 0.05) is 6.20 Å². The van der Waals surface area contributed by atoms with E-state index < -0.39 is 6.10 Å². The van der Waals surface area contributed by atoms with Crippen molar-refractivity contribution in [2.24, 2.45) is 0 Å². The molecule has 0 radical (unpaired) electrons. The molecule has 1 aromatic carbocycles. The lowest BCUT2D eigenvalue weighted by molar-refractivity contribution is 0.165. The zero-order valence-corrected chi connectivity index (χ0v) is 11.5. The lowest BCUT2D eigenvalue weighted by Gasteiger charge is -2.07. The Hall–Kier alpha value is -2.60. The third-order valence-corrected chi connectivity index (χ3v) is 3.03. The van der Waals surface area contributed by atoms with Crippen molar-refractivity contribution in [1.82, 2.24) is 20.1 Å². The monoisotopic (exact) mass is 282 g/mol. The highest BCUT2D eigenvalue weighted by atomic mass is 16.5. The van der Waals surface area contributed by atoms with Crippen LogP contribution in [0.15, 0.2) is 47.1 Å². The third kappa shape index (κ3) is 3.11. The van der Waals surface area contributed by atoms with Crippen LogP contribution in [0.5, 0.6) is 0 Å². The highest BCUT2D eigenvalue weighted by Gasteiger charge is 2.15. The molecule has 0 aliphatic heterocycles. The molecule has 0 spiro atoms. The van der Waals surface area contributed by atoms with E-state index in [0.717, 1.165) is 5.56 Å². The quantitative estimate of drug-likeness (QED) is 0.789. The third-order valence-electron chi connectivity index (χ3n) is 3.03. The van der Waals surface area contributed by atoms with Gasteiger partial charge in [-0.25, -0.2) is 9.97 Å². The summed E-state index contributed by atoms with van der Waals surface area (Å²) in [5, 5.41) is 14.0. The Bertz CT molecular complexity index is 727. The first-order chi connectivity index (χ1) is 10.2. The summed E-state index contributed by atoms with van der Waals surface area (Å²) in [5.74, 6) is 1.41. The van der Waals surface area contributed by atoms with E-state index in [-0.39, 0.29) is 6.42 Å². The first-order valence-corrected chi connectivity index (χ1v) is 6.58. The van der Waals surface area contributed by atoms with E-state index in [1.165, 1.54) is 0 Å². The van der Waals surface area contributed by atoms with E-state index in [2.05, 4.69) is 20.1 Å². The normalized spacial score (nSPS) is 12.3. The van der Waals surface area contributed by atoms with Crippen molar-refractivity contribution in [2.75, 3.05) is 0 Å². The minimum Gasteiger partial charge on any atom is -0.388 e. The molecule has 2 heterocycles. The maximum atomic E-state index is 10.1. The molecule has 2 aromatic heterocycles. The van der Waals surface area contributed by atoms with Crippen LogP contribution in [0.25, 0.3) is 11.5 Å². The molecule has 0 saturated heterocycles. The van der Waals surface area contributed by atoms with E-state index in [1.54, 1.807) is 19.2 Å². The number of rotatable bonds is 4. The van der Waals surface area contributed by atoms with Gasteiger partial charge in [0.2, 0.25) is 11.7 Å². The summed E-state index contributed by atoms with van der Waals surface area (Å²) in [5.41, 5.74) is 1.42. The number of aryl methyl sites for hydroxylation is 1. The lowest BCUT2D eigenvalue weighted by Crippen LogP contribution is -2.01. The van der Waals surface area contributed by atoms with Crippen molar-refractivity contribution in [3.8, 4) is 11.5 Å². The standard InChI is InChI=1S/C15H14N4O2/c1-10-16-8-7-12(17-10)15-18-14(21-19-15)9-13(20)11-5-3-2-4-6-11/h2-8,13,20H,9H2,1H3. The fourth-order valence-corrected chi connectivity index (χ4v) is 1.98. The van der Waals surface area contributed by atoms with E-state index >= 15 is 0 Å². The summed E-state index contributed by atoms with van der Waals surface area (Å²) >= 11 is 0. The summed E-state index contributed by atoms with van der Waals surface area (Å²) in [7, 11) is 0. The summed E-state index contributed by atoms with van der Waals surface area (Å²) in [6.45, 7) is 1.80. The molecule has 0 fully saturated rings. The van der Waals surface area contributed by atoms with Gasteiger partial charge in [-0.05, 0) is 18.6 Å². The average molecular weight is 282 g/mol. The van der Waals surface area contributed by atoms with Crippen molar-refractivity contribution in [1.29, 1.82) is 0 Å². The van der Waals surface area contributed by atoms with Crippen molar-refractivity contribution < 1.29 is 9.63 Å². The van der Waals surface area contributed by atoms with E-state index in [0.29, 0.717) is 23.2 Å². The molecule has 0 amide bonds. The highest BCUT2D eigenvalue weighted by Crippen LogP contribution is 2.19.